The maximum absolute atomic E-state index is 11.3. The molecule has 1 heterocycles. The molecule has 1 aromatic rings. The quantitative estimate of drug-likeness (QED) is 0.534. The van der Waals surface area contributed by atoms with Crippen molar-refractivity contribution in [1.82, 2.24) is 0 Å². The number of hydrogen-bond acceptors (Lipinski definition) is 6. The molecule has 134 valence electrons. The van der Waals surface area contributed by atoms with Gasteiger partial charge in [-0.2, -0.15) is 0 Å². The fourth-order valence-corrected chi connectivity index (χ4v) is 2.51. The first kappa shape index (κ1) is 18.4. The number of urea groups is 1. The summed E-state index contributed by atoms with van der Waals surface area (Å²) in [7, 11) is 0. The molecular formula is C16H24N7O2+. The van der Waals surface area contributed by atoms with Gasteiger partial charge in [0.1, 0.15) is 12.8 Å². The van der Waals surface area contributed by atoms with Crippen LogP contribution in [0.3, 0.4) is 0 Å². The monoisotopic (exact) mass is 346 g/mol. The number of carbonyl (C=O) groups is 1. The molecular weight excluding hydrogens is 322 g/mol. The summed E-state index contributed by atoms with van der Waals surface area (Å²) in [5.41, 5.74) is 13.7. The van der Waals surface area contributed by atoms with Gasteiger partial charge in [0.05, 0.1) is 18.0 Å². The van der Waals surface area contributed by atoms with E-state index in [1.165, 1.54) is 10.9 Å². The zero-order valence-corrected chi connectivity index (χ0v) is 14.4. The highest BCUT2D eigenvalue weighted by molar-refractivity contribution is 6.62. The molecule has 0 unspecified atom stereocenters. The van der Waals surface area contributed by atoms with Gasteiger partial charge in [0.2, 0.25) is 0 Å². The van der Waals surface area contributed by atoms with Crippen molar-refractivity contribution in [3.8, 4) is 0 Å². The Morgan fingerprint density at radius 3 is 2.72 bits per heavy atom. The van der Waals surface area contributed by atoms with Crippen molar-refractivity contribution in [3.05, 3.63) is 18.2 Å². The molecule has 1 aliphatic rings. The van der Waals surface area contributed by atoms with Crippen LogP contribution in [0, 0.1) is 0 Å². The molecule has 1 aliphatic heterocycles. The Morgan fingerprint density at radius 1 is 1.40 bits per heavy atom. The second-order valence-corrected chi connectivity index (χ2v) is 5.34. The number of aliphatic imine (C=N–C) groups is 1. The smallest absolute Gasteiger partial charge is 0.321 e. The lowest BCUT2D eigenvalue weighted by Crippen LogP contribution is -2.30. The van der Waals surface area contributed by atoms with Crippen LogP contribution in [0.25, 0.3) is 0 Å². The number of carbonyl (C=O) groups excluding carboxylic acids is 1. The number of hydrazone groups is 1. The minimum Gasteiger partial charge on any atom is -0.392 e. The molecule has 9 heteroatoms. The number of amides is 2. The zero-order chi connectivity index (χ0) is 18.4. The van der Waals surface area contributed by atoms with E-state index in [1.54, 1.807) is 6.07 Å². The molecule has 9 nitrogen and oxygen atoms in total. The fraction of sp³-hybridized carbons (Fsp3) is 0.375. The number of benzene rings is 1. The highest BCUT2D eigenvalue weighted by Gasteiger charge is 2.21. The van der Waals surface area contributed by atoms with Crippen LogP contribution in [0.4, 0.5) is 21.9 Å². The van der Waals surface area contributed by atoms with Crippen molar-refractivity contribution in [2.24, 2.45) is 21.6 Å². The first-order valence-electron chi connectivity index (χ1n) is 8.09. The Balaban J connectivity index is 2.42. The van der Waals surface area contributed by atoms with Crippen molar-refractivity contribution in [2.75, 3.05) is 36.5 Å². The van der Waals surface area contributed by atoms with Crippen LogP contribution in [0.1, 0.15) is 13.8 Å². The number of anilines is 2. The van der Waals surface area contributed by atoms with E-state index in [2.05, 4.69) is 34.2 Å². The fourth-order valence-electron chi connectivity index (χ4n) is 2.51. The predicted molar refractivity (Wildman–Crippen MR) is 100 cm³/mol. The van der Waals surface area contributed by atoms with Crippen molar-refractivity contribution in [2.45, 2.75) is 13.8 Å². The van der Waals surface area contributed by atoms with Gasteiger partial charge in [0.15, 0.2) is 5.71 Å². The third kappa shape index (κ3) is 4.32. The van der Waals surface area contributed by atoms with Crippen molar-refractivity contribution >= 4 is 40.9 Å². The summed E-state index contributed by atoms with van der Waals surface area (Å²) in [6.07, 6.45) is 1.51. The Morgan fingerprint density at radius 2 is 2.12 bits per heavy atom. The van der Waals surface area contributed by atoms with E-state index >= 15 is 0 Å². The first-order chi connectivity index (χ1) is 12.0. The van der Waals surface area contributed by atoms with E-state index in [0.717, 1.165) is 18.8 Å². The largest absolute Gasteiger partial charge is 0.392 e. The summed E-state index contributed by atoms with van der Waals surface area (Å²) < 4.78 is 1.46. The lowest BCUT2D eigenvalue weighted by atomic mass is 10.2. The normalized spacial score (nSPS) is 15.1. The van der Waals surface area contributed by atoms with Gasteiger partial charge in [-0.3, -0.25) is 5.73 Å². The number of amidine groups is 1. The van der Waals surface area contributed by atoms with Crippen LogP contribution in [0.2, 0.25) is 0 Å². The minimum atomic E-state index is -0.669. The number of β-amino-alcohol motifs (C(OH)–C–C–N with tert-alkyl or cyclic N) is 1. The van der Waals surface area contributed by atoms with Gasteiger partial charge in [0.25, 0.3) is 0 Å². The lowest BCUT2D eigenvalue weighted by molar-refractivity contribution is -0.532. The number of aliphatic hydroxyl groups is 1. The maximum atomic E-state index is 11.3. The third-order valence-electron chi connectivity index (χ3n) is 3.78. The number of nitrogens with zero attached hydrogens (tertiary/aromatic N) is 4. The summed E-state index contributed by atoms with van der Waals surface area (Å²) in [5.74, 6) is 0.340. The van der Waals surface area contributed by atoms with Crippen LogP contribution in [0.15, 0.2) is 28.3 Å². The van der Waals surface area contributed by atoms with Gasteiger partial charge < -0.3 is 21.1 Å². The number of primary amides is 1. The molecule has 0 bridgehead atoms. The lowest BCUT2D eigenvalue weighted by Gasteiger charge is -2.22. The van der Waals surface area contributed by atoms with E-state index in [0.29, 0.717) is 22.9 Å². The second-order valence-electron chi connectivity index (χ2n) is 5.34. The Bertz CT molecular complexity index is 736. The van der Waals surface area contributed by atoms with E-state index in [4.69, 9.17) is 16.6 Å². The number of hydrogen-bond donors (Lipinski definition) is 4. The van der Waals surface area contributed by atoms with Gasteiger partial charge in [-0.15, -0.1) is 4.68 Å². The van der Waals surface area contributed by atoms with Crippen LogP contribution in [-0.2, 0) is 0 Å². The molecule has 0 aromatic heterocycles. The maximum Gasteiger partial charge on any atom is 0.321 e. The average molecular weight is 346 g/mol. The molecule has 0 aliphatic carbocycles. The third-order valence-corrected chi connectivity index (χ3v) is 3.78. The van der Waals surface area contributed by atoms with E-state index < -0.39 is 6.03 Å². The molecule has 0 fully saturated rings. The molecule has 0 spiro atoms. The second kappa shape index (κ2) is 8.25. The minimum absolute atomic E-state index is 0.0711. The van der Waals surface area contributed by atoms with Gasteiger partial charge in [0, 0.05) is 18.8 Å². The molecule has 0 saturated carbocycles. The van der Waals surface area contributed by atoms with Crippen LogP contribution in [0.5, 0.6) is 0 Å². The van der Waals surface area contributed by atoms with Gasteiger partial charge in [-0.1, -0.05) is 5.10 Å². The molecule has 1 aromatic carbocycles. The molecule has 0 radical (unpaired) electrons. The summed E-state index contributed by atoms with van der Waals surface area (Å²) in [6.45, 7) is 6.00. The van der Waals surface area contributed by atoms with Crippen LogP contribution >= 0.6 is 0 Å². The van der Waals surface area contributed by atoms with Crippen LogP contribution in [-0.4, -0.2) is 59.8 Å². The average Bonchev–Trinajstić information content (AvgIpc) is 2.91. The Hall–Kier alpha value is -2.94. The SMILES string of the molecule is CCN(CC)c1ccc(N=C2C=N[N+](CCO)=C2N)c(NC(N)=O)c1. The molecule has 2 amide bonds. The number of nitrogens with one attached hydrogen (secondary N) is 1. The highest BCUT2D eigenvalue weighted by atomic mass is 16.3. The van der Waals surface area contributed by atoms with E-state index in [-0.39, 0.29) is 13.2 Å². The Labute approximate surface area is 146 Å². The predicted octanol–water partition coefficient (Wildman–Crippen LogP) is 0.457. The van der Waals surface area contributed by atoms with Crippen molar-refractivity contribution in [1.29, 1.82) is 0 Å². The number of aliphatic hydroxyl groups excluding tert-OH is 1. The van der Waals surface area contributed by atoms with Crippen molar-refractivity contribution < 1.29 is 14.6 Å². The summed E-state index contributed by atoms with van der Waals surface area (Å²) >= 11 is 0. The Kier molecular flexibility index (Phi) is 6.07. The molecule has 6 N–H and O–H groups in total. The summed E-state index contributed by atoms with van der Waals surface area (Å²) in [5, 5.41) is 15.7. The summed E-state index contributed by atoms with van der Waals surface area (Å²) in [6, 6.07) is 4.87. The number of rotatable bonds is 7. The number of nitrogens with two attached hydrogens (primary N) is 2. The molecule has 2 rings (SSSR count). The van der Waals surface area contributed by atoms with Gasteiger partial charge >= 0.3 is 11.9 Å². The van der Waals surface area contributed by atoms with E-state index in [9.17, 15) is 4.79 Å². The van der Waals surface area contributed by atoms with Gasteiger partial charge in [-0.25, -0.2) is 9.79 Å². The molecule has 25 heavy (non-hydrogen) atoms. The highest BCUT2D eigenvalue weighted by Crippen LogP contribution is 2.30. The standard InChI is InChI=1S/C16H23N7O2/c1-3-22(4-2)11-5-6-12(13(9-11)21-16(18)25)20-14-10-19-23(7-8-24)15(14)17/h5-6,9-10,24H,3-4,7-8H2,1-2H3,(H4,17,18,19,21,25)/p+1. The summed E-state index contributed by atoms with van der Waals surface area (Å²) in [4.78, 5) is 17.9. The first-order valence-corrected chi connectivity index (χ1v) is 8.09. The van der Waals surface area contributed by atoms with Crippen LogP contribution < -0.4 is 21.7 Å². The molecule has 0 saturated heterocycles. The zero-order valence-electron chi connectivity index (χ0n) is 14.4. The van der Waals surface area contributed by atoms with Crippen molar-refractivity contribution in [3.63, 3.8) is 0 Å². The van der Waals surface area contributed by atoms with Gasteiger partial charge in [-0.05, 0) is 32.0 Å². The topological polar surface area (TPSA) is 132 Å². The molecule has 0 atom stereocenters. The van der Waals surface area contributed by atoms with E-state index in [1.807, 2.05) is 12.1 Å².